The van der Waals surface area contributed by atoms with E-state index in [1.807, 2.05) is 6.08 Å². The van der Waals surface area contributed by atoms with Crippen LogP contribution in [0.4, 0.5) is 0 Å². The summed E-state index contributed by atoms with van der Waals surface area (Å²) < 4.78 is 0. The molecule has 0 unspecified atom stereocenters. The predicted octanol–water partition coefficient (Wildman–Crippen LogP) is 5.46. The molecule has 0 heteroatoms. The van der Waals surface area contributed by atoms with Crippen molar-refractivity contribution >= 4 is 0 Å². The zero-order valence-corrected chi connectivity index (χ0v) is 12.6. The van der Waals surface area contributed by atoms with Crippen LogP contribution in [0.5, 0.6) is 0 Å². The Balaban J connectivity index is 3.15. The fourth-order valence-corrected chi connectivity index (χ4v) is 2.00. The highest BCUT2D eigenvalue weighted by Crippen LogP contribution is 2.28. The van der Waals surface area contributed by atoms with Crippen LogP contribution in [0.3, 0.4) is 0 Å². The first-order valence-corrected chi connectivity index (χ1v) is 6.99. The van der Waals surface area contributed by atoms with E-state index in [2.05, 4.69) is 59.4 Å². The normalized spacial score (nSPS) is 11.9. The van der Waals surface area contributed by atoms with Gasteiger partial charge in [0.25, 0.3) is 0 Å². The maximum atomic E-state index is 3.88. The fourth-order valence-electron chi connectivity index (χ4n) is 2.00. The van der Waals surface area contributed by atoms with Gasteiger partial charge >= 0.3 is 0 Å². The standard InChI is InChI=1S/C18H27/c1-7-9-10-15-11-16(14(3)8-2)13-17(12-15)18(4,5)6/h8,11-13H,2,7,9-10H2,1,3-6H3. The number of hydrogen-bond acceptors (Lipinski definition) is 0. The third-order valence-electron chi connectivity index (χ3n) is 3.44. The summed E-state index contributed by atoms with van der Waals surface area (Å²) in [6.07, 6.45) is 5.64. The van der Waals surface area contributed by atoms with Gasteiger partial charge in [-0.25, -0.2) is 0 Å². The maximum Gasteiger partial charge on any atom is 0.0230 e. The quantitative estimate of drug-likeness (QED) is 0.644. The van der Waals surface area contributed by atoms with E-state index in [-0.39, 0.29) is 5.41 Å². The number of benzene rings is 1. The topological polar surface area (TPSA) is 0 Å². The van der Waals surface area contributed by atoms with Crippen LogP contribution in [0.25, 0.3) is 0 Å². The second-order valence-electron chi connectivity index (χ2n) is 6.16. The van der Waals surface area contributed by atoms with Gasteiger partial charge in [-0.05, 0) is 34.9 Å². The lowest BCUT2D eigenvalue weighted by Gasteiger charge is -2.22. The van der Waals surface area contributed by atoms with E-state index < -0.39 is 0 Å². The fraction of sp³-hybridized carbons (Fsp3) is 0.500. The summed E-state index contributed by atoms with van der Waals surface area (Å²) in [6.45, 7) is 15.1. The van der Waals surface area contributed by atoms with Crippen LogP contribution in [0.2, 0.25) is 0 Å². The average Bonchev–Trinajstić information content (AvgIpc) is 2.33. The highest BCUT2D eigenvalue weighted by molar-refractivity contribution is 5.43. The van der Waals surface area contributed by atoms with E-state index in [1.165, 1.54) is 41.9 Å². The third-order valence-corrected chi connectivity index (χ3v) is 3.44. The van der Waals surface area contributed by atoms with Gasteiger partial charge in [0.1, 0.15) is 0 Å². The molecule has 18 heavy (non-hydrogen) atoms. The van der Waals surface area contributed by atoms with E-state index in [0.717, 1.165) is 0 Å². The van der Waals surface area contributed by atoms with Crippen LogP contribution in [-0.2, 0) is 11.8 Å². The molecule has 0 saturated carbocycles. The summed E-state index contributed by atoms with van der Waals surface area (Å²) in [5.74, 6) is 1.26. The van der Waals surface area contributed by atoms with E-state index in [0.29, 0.717) is 0 Å². The van der Waals surface area contributed by atoms with E-state index in [1.54, 1.807) is 0 Å². The van der Waals surface area contributed by atoms with Gasteiger partial charge < -0.3 is 0 Å². The largest absolute Gasteiger partial charge is 0.102 e. The minimum Gasteiger partial charge on any atom is -0.102 e. The van der Waals surface area contributed by atoms with Gasteiger partial charge in [-0.3, -0.25) is 0 Å². The van der Waals surface area contributed by atoms with Crippen molar-refractivity contribution in [3.8, 4) is 0 Å². The molecule has 0 aliphatic carbocycles. The summed E-state index contributed by atoms with van der Waals surface area (Å²) in [6, 6.07) is 7.00. The third kappa shape index (κ3) is 4.01. The summed E-state index contributed by atoms with van der Waals surface area (Å²) in [5.41, 5.74) is 4.41. The summed E-state index contributed by atoms with van der Waals surface area (Å²) in [5, 5.41) is 0. The van der Waals surface area contributed by atoms with Crippen molar-refractivity contribution in [1.82, 2.24) is 0 Å². The molecule has 0 N–H and O–H groups in total. The molecule has 0 heterocycles. The minimum atomic E-state index is 0.207. The molecule has 0 aromatic heterocycles. The van der Waals surface area contributed by atoms with Crippen molar-refractivity contribution in [2.75, 3.05) is 0 Å². The van der Waals surface area contributed by atoms with E-state index >= 15 is 0 Å². The number of allylic oxidation sites excluding steroid dienone is 1. The zero-order chi connectivity index (χ0) is 13.8. The van der Waals surface area contributed by atoms with Crippen LogP contribution >= 0.6 is 0 Å². The van der Waals surface area contributed by atoms with E-state index in [4.69, 9.17) is 0 Å². The monoisotopic (exact) mass is 243 g/mol. The van der Waals surface area contributed by atoms with Crippen LogP contribution in [0.15, 0.2) is 30.9 Å². The molecule has 1 aromatic carbocycles. The Bertz CT molecular complexity index is 393. The highest BCUT2D eigenvalue weighted by atomic mass is 14.2. The van der Waals surface area contributed by atoms with Gasteiger partial charge in [-0.15, -0.1) is 6.58 Å². The number of hydrogen-bond donors (Lipinski definition) is 0. The van der Waals surface area contributed by atoms with Gasteiger partial charge in [-0.1, -0.05) is 65.3 Å². The Labute approximate surface area is 113 Å². The van der Waals surface area contributed by atoms with E-state index in [9.17, 15) is 0 Å². The highest BCUT2D eigenvalue weighted by Gasteiger charge is 2.16. The lowest BCUT2D eigenvalue weighted by Crippen LogP contribution is -2.12. The lowest BCUT2D eigenvalue weighted by molar-refractivity contribution is 0.588. The molecule has 1 rings (SSSR count). The average molecular weight is 243 g/mol. The molecule has 0 aliphatic rings. The molecule has 1 aromatic rings. The molecule has 0 spiro atoms. The van der Waals surface area contributed by atoms with Crippen LogP contribution in [-0.4, -0.2) is 0 Å². The first-order chi connectivity index (χ1) is 8.38. The molecule has 0 aliphatic heterocycles. The smallest absolute Gasteiger partial charge is 0.0230 e. The maximum absolute atomic E-state index is 3.88. The van der Waals surface area contributed by atoms with Crippen molar-refractivity contribution in [2.24, 2.45) is 0 Å². The molecule has 0 nitrogen and oxygen atoms in total. The molecule has 0 amide bonds. The van der Waals surface area contributed by atoms with Crippen molar-refractivity contribution in [3.05, 3.63) is 53.5 Å². The number of aryl methyl sites for hydroxylation is 1. The molecular weight excluding hydrogens is 216 g/mol. The number of rotatable bonds is 5. The summed E-state index contributed by atoms with van der Waals surface area (Å²) >= 11 is 0. The Morgan fingerprint density at radius 1 is 1.22 bits per heavy atom. The molecule has 0 bridgehead atoms. The van der Waals surface area contributed by atoms with Gasteiger partial charge in [-0.2, -0.15) is 0 Å². The Hall–Kier alpha value is -1.04. The second-order valence-corrected chi connectivity index (χ2v) is 6.16. The molecule has 1 radical (unpaired) electrons. The molecule has 99 valence electrons. The van der Waals surface area contributed by atoms with Crippen LogP contribution < -0.4 is 0 Å². The van der Waals surface area contributed by atoms with Crippen LogP contribution in [0.1, 0.15) is 64.2 Å². The van der Waals surface area contributed by atoms with Crippen LogP contribution in [0, 0.1) is 5.92 Å². The van der Waals surface area contributed by atoms with Gasteiger partial charge in [0, 0.05) is 5.92 Å². The Kier molecular flexibility index (Phi) is 5.19. The first kappa shape index (κ1) is 15.0. The number of unbranched alkanes of at least 4 members (excludes halogenated alkanes) is 1. The second kappa shape index (κ2) is 6.22. The van der Waals surface area contributed by atoms with Crippen molar-refractivity contribution in [2.45, 2.75) is 59.3 Å². The van der Waals surface area contributed by atoms with Crippen molar-refractivity contribution in [1.29, 1.82) is 0 Å². The lowest BCUT2D eigenvalue weighted by atomic mass is 9.83. The first-order valence-electron chi connectivity index (χ1n) is 6.99. The Morgan fingerprint density at radius 3 is 2.39 bits per heavy atom. The zero-order valence-electron chi connectivity index (χ0n) is 12.6. The van der Waals surface area contributed by atoms with Gasteiger partial charge in [0.15, 0.2) is 0 Å². The molecule has 0 fully saturated rings. The van der Waals surface area contributed by atoms with Crippen molar-refractivity contribution < 1.29 is 0 Å². The predicted molar refractivity (Wildman–Crippen MR) is 82.0 cm³/mol. The summed E-state index contributed by atoms with van der Waals surface area (Å²) in [7, 11) is 0. The van der Waals surface area contributed by atoms with Gasteiger partial charge in [0.2, 0.25) is 0 Å². The molecular formula is C18H27. The SMILES string of the molecule is C=C[C](C)c1cc(CCCC)cc(C(C)(C)C)c1. The van der Waals surface area contributed by atoms with Gasteiger partial charge in [0.05, 0.1) is 0 Å². The molecule has 0 atom stereocenters. The molecule has 0 saturated heterocycles. The minimum absolute atomic E-state index is 0.207. The van der Waals surface area contributed by atoms with Crippen molar-refractivity contribution in [3.63, 3.8) is 0 Å². The Morgan fingerprint density at radius 2 is 1.89 bits per heavy atom. The summed E-state index contributed by atoms with van der Waals surface area (Å²) in [4.78, 5) is 0.